The summed E-state index contributed by atoms with van der Waals surface area (Å²) in [6.07, 6.45) is -2.34. The highest BCUT2D eigenvalue weighted by Crippen LogP contribution is 2.42. The van der Waals surface area contributed by atoms with Crippen LogP contribution in [0.3, 0.4) is 0 Å². The van der Waals surface area contributed by atoms with Crippen LogP contribution >= 0.6 is 58.5 Å². The van der Waals surface area contributed by atoms with E-state index in [-0.39, 0.29) is 232 Å². The van der Waals surface area contributed by atoms with Gasteiger partial charge in [-0.15, -0.1) is 11.8 Å². The molecule has 139 heavy (non-hydrogen) atoms. The molecular weight excluding hydrogens is 1930 g/mol. The maximum Gasteiger partial charge on any atom is 0.326 e. The Morgan fingerprint density at radius 1 is 0.518 bits per heavy atom. The number of imide groups is 1. The number of primary amides is 1. The number of ether oxygens (including phenoxy) is 12. The largest absolute Gasteiger partial charge is 0.480 e. The lowest BCUT2D eigenvalue weighted by molar-refractivity contribution is -0.161. The molecule has 0 bridgehead atoms. The Balaban J connectivity index is 0.000000553. The molecule has 47 heteroatoms. The quantitative estimate of drug-likeness (QED) is 0.0249. The number of carboxylic acids is 1. The number of carboxylic acid groups (broad SMARTS) is 1. The van der Waals surface area contributed by atoms with E-state index in [0.29, 0.717) is 129 Å². The molecule has 6 aliphatic rings. The van der Waals surface area contributed by atoms with Crippen LogP contribution in [0.25, 0.3) is 0 Å². The number of anilines is 1. The smallest absolute Gasteiger partial charge is 0.326 e. The predicted molar refractivity (Wildman–Crippen MR) is 515 cm³/mol. The number of nitrogens with one attached hydrogen (secondary N) is 8. The minimum atomic E-state index is -1.19. The average Bonchev–Trinajstić information content (AvgIpc) is 0.933. The Hall–Kier alpha value is -6.46. The Kier molecular flexibility index (Phi) is 59.5. The fourth-order valence-corrected chi connectivity index (χ4v) is 18.8. The van der Waals surface area contributed by atoms with Crippen LogP contribution in [0.1, 0.15) is 142 Å². The minimum Gasteiger partial charge on any atom is -0.480 e. The van der Waals surface area contributed by atoms with Gasteiger partial charge in [0.1, 0.15) is 6.04 Å². The highest BCUT2D eigenvalue weighted by molar-refractivity contribution is 8.00. The number of carbonyl (C=O) groups is 11. The first kappa shape index (κ1) is 123. The van der Waals surface area contributed by atoms with Crippen molar-refractivity contribution in [1.29, 1.82) is 0 Å². The van der Waals surface area contributed by atoms with Crippen molar-refractivity contribution in [2.75, 3.05) is 174 Å². The van der Waals surface area contributed by atoms with Gasteiger partial charge in [-0.05, 0) is 88.6 Å². The second kappa shape index (κ2) is 67.3. The predicted octanol–water partition coefficient (Wildman–Crippen LogP) is 0.965. The Morgan fingerprint density at radius 2 is 0.914 bits per heavy atom. The molecule has 22 atom stereocenters. The van der Waals surface area contributed by atoms with Gasteiger partial charge in [0.15, 0.2) is 0 Å². The number of likely N-dealkylation sites (tertiary alicyclic amines) is 1. The van der Waals surface area contributed by atoms with Crippen molar-refractivity contribution in [2.45, 2.75) is 242 Å². The summed E-state index contributed by atoms with van der Waals surface area (Å²) < 4.78 is 66.4. The molecule has 1 aliphatic carbocycles. The van der Waals surface area contributed by atoms with E-state index in [1.54, 1.807) is 84.0 Å². The molecule has 1 saturated carbocycles. The summed E-state index contributed by atoms with van der Waals surface area (Å²) in [5.41, 5.74) is 5.43. The Bertz CT molecular complexity index is 3980. The molecule has 6 fully saturated rings. The topological polar surface area (TPSA) is 606 Å². The summed E-state index contributed by atoms with van der Waals surface area (Å²) in [6.45, 7) is 21.1. The van der Waals surface area contributed by atoms with Crippen LogP contribution in [-0.2, 0) is 111 Å². The van der Waals surface area contributed by atoms with Gasteiger partial charge in [0.05, 0.1) is 262 Å². The van der Waals surface area contributed by atoms with Gasteiger partial charge in [0.25, 0.3) is 5.91 Å². The summed E-state index contributed by atoms with van der Waals surface area (Å²) in [7, 11) is 0. The van der Waals surface area contributed by atoms with Gasteiger partial charge in [0.2, 0.25) is 53.2 Å². The molecule has 42 nitrogen and oxygen atoms in total. The monoisotopic (exact) mass is 2070 g/mol. The SMILES string of the molecule is CC(=O)N[C@@H]1[C@H](O)[C@H](C)[C@@H](CO)O[C@H]1C.C[C@H]1[C@@H](O)[C@@H](NC(=O)CCSC2CC(=O)N(CCC(=O)NCCOCCOCCOCCOCCOCCOCCOCCOCCC(=O)NCCC3(C(=O)N[C@@H](Cc4ccc(NC(=O)c5c(Cl)cccc5Cl)cc4)C(=O)O)CCCC3)C2=O)[C@H](C)O[C@@H]1CO.C[C@H]1[C@@H](O)[C@@H](NC(=O)CCSCC(N)=O)[C@H](C)O[C@@H]1CO.C[C@H]1[C@@H](O)[C@@H](NCl)[C@H](C)O[C@@H]1CO. The number of amides is 10. The first-order valence-corrected chi connectivity index (χ1v) is 50.6. The summed E-state index contributed by atoms with van der Waals surface area (Å²) in [5, 5.41) is 106. The lowest BCUT2D eigenvalue weighted by atomic mass is 9.81. The summed E-state index contributed by atoms with van der Waals surface area (Å²) in [5.74, 6) is -4.44. The van der Waals surface area contributed by atoms with Crippen LogP contribution in [0.15, 0.2) is 42.5 Å². The number of halogens is 3. The third kappa shape index (κ3) is 43.4. The van der Waals surface area contributed by atoms with Crippen LogP contribution in [0.2, 0.25) is 10.0 Å². The molecule has 0 spiro atoms. The van der Waals surface area contributed by atoms with E-state index in [1.165, 1.54) is 30.4 Å². The summed E-state index contributed by atoms with van der Waals surface area (Å²) in [6, 6.07) is 8.34. The zero-order valence-corrected chi connectivity index (χ0v) is 84.7. The zero-order valence-electron chi connectivity index (χ0n) is 80.8. The standard InChI is InChI=1S/C61H90Cl2N6O20S.C13H24N2O5S.C10H19NO4.C8H16ClNO3/c1-41-48(40-70)89-42(2)55(56(41)75)68-52(73)14-37-90-49-39-53(74)69(58(49)77)20-12-50(71)65-19-22-82-24-26-84-28-30-86-32-34-88-36-35-87-33-31-85-29-27-83-25-23-81-21-13-51(72)64-18-17-61(15-3-4-16-61)60(80)67-47(59(78)79)38-43-8-10-44(11-9-43)66-57(76)54-45(62)6-5-7-46(54)63;1-7-9(5-16)20-8(2)12(13(7)19)15-11(18)3-4-21-6-10(14)17;1-5-8(4-12)15-6(2)9(10(5)14)11-7(3)13;1-4-6(3-11)13-5(2)7(10-9)8(4)12/h5-11,41-42,47-49,55-56,70,75H,3-4,12-40H2,1-2H3,(H,64,72)(H,65,71)(H,66,76)(H,67,80)(H,68,73)(H,78,79);7-9,12-13,16,19H,3-6H2,1-2H3,(H2,14,17)(H,15,18);5-6,8-10,12,14H,4H2,1-3H3,(H,11,13);4-8,10-12H,3H2,1-2H3/t41-,42+,47+,48-,49?,55+,56-;7-,8+,9-,12+,13-;5-,6+,8-,9+,10-;4-,5+,6-,7+,8-/m1111/s1. The van der Waals surface area contributed by atoms with Crippen molar-refractivity contribution >= 4 is 129 Å². The Morgan fingerprint density at radius 3 is 1.33 bits per heavy atom. The second-order valence-corrected chi connectivity index (χ2v) is 38.3. The zero-order chi connectivity index (χ0) is 103. The van der Waals surface area contributed by atoms with Crippen molar-refractivity contribution in [3.63, 3.8) is 0 Å². The molecule has 792 valence electrons. The first-order chi connectivity index (χ1) is 66.4. The molecule has 5 aliphatic heterocycles. The molecule has 2 aromatic carbocycles. The van der Waals surface area contributed by atoms with Crippen molar-refractivity contribution in [3.8, 4) is 0 Å². The third-order valence-corrected chi connectivity index (χ3v) is 27.7. The Labute approximate surface area is 836 Å². The van der Waals surface area contributed by atoms with E-state index in [1.807, 2.05) is 13.8 Å². The molecule has 0 radical (unpaired) electrons. The van der Waals surface area contributed by atoms with Crippen molar-refractivity contribution < 1.29 is 156 Å². The van der Waals surface area contributed by atoms with E-state index in [2.05, 4.69) is 42.1 Å². The number of rotatable bonds is 57. The van der Waals surface area contributed by atoms with Gasteiger partial charge in [-0.3, -0.25) is 52.8 Å². The molecule has 0 aromatic heterocycles. The van der Waals surface area contributed by atoms with Gasteiger partial charge < -0.3 is 146 Å². The molecule has 19 N–H and O–H groups in total. The van der Waals surface area contributed by atoms with E-state index >= 15 is 0 Å². The molecular formula is C92H149Cl3N10O32S2. The maximum atomic E-state index is 13.7. The molecule has 2 aromatic rings. The average molecular weight is 2080 g/mol. The number of aliphatic hydroxyl groups excluding tert-OH is 8. The number of nitrogens with two attached hydrogens (primary N) is 1. The van der Waals surface area contributed by atoms with Crippen LogP contribution in [0.5, 0.6) is 0 Å². The van der Waals surface area contributed by atoms with Crippen molar-refractivity contribution in [1.82, 2.24) is 41.6 Å². The van der Waals surface area contributed by atoms with Gasteiger partial charge in [-0.2, -0.15) is 11.8 Å². The van der Waals surface area contributed by atoms with E-state index < -0.39 is 95.3 Å². The molecule has 5 heterocycles. The van der Waals surface area contributed by atoms with Crippen LogP contribution < -0.4 is 47.8 Å². The van der Waals surface area contributed by atoms with Crippen LogP contribution in [0, 0.1) is 29.1 Å². The van der Waals surface area contributed by atoms with Gasteiger partial charge in [-0.25, -0.2) is 9.63 Å². The van der Waals surface area contributed by atoms with E-state index in [9.17, 15) is 88.5 Å². The lowest BCUT2D eigenvalue weighted by Gasteiger charge is -2.42. The third-order valence-electron chi connectivity index (χ3n) is 24.6. The normalized spacial score (nSPS) is 26.7. The molecule has 10 amide bonds. The molecule has 5 saturated heterocycles. The number of hydrogen-bond acceptors (Lipinski definition) is 34. The van der Waals surface area contributed by atoms with Crippen molar-refractivity contribution in [2.24, 2.45) is 34.8 Å². The number of thioether (sulfide) groups is 2. The fourth-order valence-electron chi connectivity index (χ4n) is 16.2. The van der Waals surface area contributed by atoms with Gasteiger partial charge in [0, 0.05) is 106 Å². The second-order valence-electron chi connectivity index (χ2n) is 34.8. The maximum absolute atomic E-state index is 13.7. The number of nitrogens with zero attached hydrogens (tertiary/aromatic N) is 1. The van der Waals surface area contributed by atoms with Gasteiger partial charge in [-0.1, -0.05) is 81.9 Å². The minimum absolute atomic E-state index is 0.0103. The highest BCUT2D eigenvalue weighted by Gasteiger charge is 2.47. The van der Waals surface area contributed by atoms with Crippen molar-refractivity contribution in [3.05, 3.63) is 63.6 Å². The van der Waals surface area contributed by atoms with Crippen LogP contribution in [-0.4, -0.2) is 394 Å². The first-order valence-electron chi connectivity index (χ1n) is 47.2. The fraction of sp³-hybridized carbons (Fsp3) is 0.750. The molecule has 8 rings (SSSR count). The number of aliphatic hydroxyl groups is 8. The summed E-state index contributed by atoms with van der Waals surface area (Å²) in [4.78, 5) is 139. The summed E-state index contributed by atoms with van der Waals surface area (Å²) >= 11 is 20.3. The van der Waals surface area contributed by atoms with Crippen LogP contribution in [0.4, 0.5) is 5.69 Å². The van der Waals surface area contributed by atoms with E-state index in [0.717, 1.165) is 17.7 Å². The van der Waals surface area contributed by atoms with Gasteiger partial charge >= 0.3 is 5.97 Å². The number of benzene rings is 2. The lowest BCUT2D eigenvalue weighted by Crippen LogP contribution is -2.60. The number of hydrogen-bond donors (Lipinski definition) is 18. The molecule has 1 unspecified atom stereocenters. The number of carbonyl (C=O) groups excluding carboxylic acids is 10. The number of aliphatic carboxylic acids is 1. The highest BCUT2D eigenvalue weighted by atomic mass is 35.5. The van der Waals surface area contributed by atoms with E-state index in [4.69, 9.17) is 108 Å².